The van der Waals surface area contributed by atoms with E-state index in [9.17, 15) is 9.90 Å². The number of aromatic nitrogens is 1. The molecule has 116 valence electrons. The molecule has 1 atom stereocenters. The summed E-state index contributed by atoms with van der Waals surface area (Å²) in [6, 6.07) is 0. The second-order valence-corrected chi connectivity index (χ2v) is 7.15. The Kier molecular flexibility index (Phi) is 4.58. The maximum absolute atomic E-state index is 11.1. The minimum Gasteiger partial charge on any atom is -0.479 e. The van der Waals surface area contributed by atoms with Crippen LogP contribution in [-0.2, 0) is 4.79 Å². The van der Waals surface area contributed by atoms with Gasteiger partial charge in [0.2, 0.25) is 0 Å². The second kappa shape index (κ2) is 5.93. The van der Waals surface area contributed by atoms with Crippen molar-refractivity contribution in [1.82, 2.24) is 4.98 Å². The SMILES string of the molecule is Cc1ncc([C@H](O)C(=O)O)c(N2CCC(C)(C)CC2)c1Br. The Hall–Kier alpha value is -1.14. The van der Waals surface area contributed by atoms with Gasteiger partial charge in [-0.05, 0) is 41.1 Å². The lowest BCUT2D eigenvalue weighted by Crippen LogP contribution is -2.38. The van der Waals surface area contributed by atoms with E-state index in [1.165, 1.54) is 6.20 Å². The first-order chi connectivity index (χ1) is 9.73. The predicted molar refractivity (Wildman–Crippen MR) is 84.5 cm³/mol. The first-order valence-electron chi connectivity index (χ1n) is 7.04. The van der Waals surface area contributed by atoms with Gasteiger partial charge in [0.1, 0.15) is 0 Å². The summed E-state index contributed by atoms with van der Waals surface area (Å²) in [5.41, 5.74) is 2.19. The fourth-order valence-corrected chi connectivity index (χ4v) is 3.15. The zero-order valence-corrected chi connectivity index (χ0v) is 14.1. The molecule has 2 rings (SSSR count). The lowest BCUT2D eigenvalue weighted by atomic mass is 9.82. The summed E-state index contributed by atoms with van der Waals surface area (Å²) in [4.78, 5) is 17.4. The summed E-state index contributed by atoms with van der Waals surface area (Å²) >= 11 is 3.50. The minimum atomic E-state index is -1.56. The highest BCUT2D eigenvalue weighted by Crippen LogP contribution is 2.39. The highest BCUT2D eigenvalue weighted by Gasteiger charge is 2.30. The smallest absolute Gasteiger partial charge is 0.337 e. The normalized spacial score (nSPS) is 19.4. The fourth-order valence-electron chi connectivity index (χ4n) is 2.57. The summed E-state index contributed by atoms with van der Waals surface area (Å²) in [6.07, 6.45) is 1.97. The quantitative estimate of drug-likeness (QED) is 0.870. The van der Waals surface area contributed by atoms with Crippen molar-refractivity contribution >= 4 is 27.6 Å². The average Bonchev–Trinajstić information content (AvgIpc) is 2.41. The number of piperidine rings is 1. The van der Waals surface area contributed by atoms with Crippen LogP contribution < -0.4 is 4.90 Å². The molecule has 1 aromatic rings. The zero-order chi connectivity index (χ0) is 15.8. The predicted octanol–water partition coefficient (Wildman–Crippen LogP) is 2.90. The number of carbonyl (C=O) groups is 1. The Morgan fingerprint density at radius 1 is 1.43 bits per heavy atom. The van der Waals surface area contributed by atoms with Crippen LogP contribution in [-0.4, -0.2) is 34.3 Å². The van der Waals surface area contributed by atoms with E-state index in [1.807, 2.05) is 6.92 Å². The average molecular weight is 357 g/mol. The molecule has 0 aliphatic carbocycles. The van der Waals surface area contributed by atoms with Crippen LogP contribution in [0.2, 0.25) is 0 Å². The number of carboxylic acid groups (broad SMARTS) is 1. The number of aliphatic hydroxyl groups excluding tert-OH is 1. The Bertz CT molecular complexity index is 550. The van der Waals surface area contributed by atoms with Gasteiger partial charge >= 0.3 is 5.97 Å². The van der Waals surface area contributed by atoms with Crippen LogP contribution in [0.15, 0.2) is 10.7 Å². The summed E-state index contributed by atoms with van der Waals surface area (Å²) in [5.74, 6) is -1.26. The van der Waals surface area contributed by atoms with Crippen molar-refractivity contribution in [2.45, 2.75) is 39.7 Å². The number of nitrogens with zero attached hydrogens (tertiary/aromatic N) is 2. The number of aliphatic hydroxyl groups is 1. The molecule has 5 nitrogen and oxygen atoms in total. The number of hydrogen-bond donors (Lipinski definition) is 2. The van der Waals surface area contributed by atoms with Crippen molar-refractivity contribution < 1.29 is 15.0 Å². The van der Waals surface area contributed by atoms with E-state index < -0.39 is 12.1 Å². The van der Waals surface area contributed by atoms with Crippen molar-refractivity contribution in [2.75, 3.05) is 18.0 Å². The zero-order valence-electron chi connectivity index (χ0n) is 12.6. The summed E-state index contributed by atoms with van der Waals surface area (Å²) in [6.45, 7) is 8.02. The summed E-state index contributed by atoms with van der Waals surface area (Å²) < 4.78 is 0.764. The van der Waals surface area contributed by atoms with Crippen LogP contribution in [0.4, 0.5) is 5.69 Å². The molecule has 1 aliphatic heterocycles. The molecule has 1 saturated heterocycles. The number of hydrogen-bond acceptors (Lipinski definition) is 4. The largest absolute Gasteiger partial charge is 0.479 e. The van der Waals surface area contributed by atoms with Crippen LogP contribution in [0, 0.1) is 12.3 Å². The number of carboxylic acids is 1. The van der Waals surface area contributed by atoms with Crippen LogP contribution >= 0.6 is 15.9 Å². The van der Waals surface area contributed by atoms with Gasteiger partial charge in [0, 0.05) is 24.8 Å². The van der Waals surface area contributed by atoms with Gasteiger partial charge in [-0.15, -0.1) is 0 Å². The van der Waals surface area contributed by atoms with Crippen molar-refractivity contribution in [1.29, 1.82) is 0 Å². The molecule has 0 spiro atoms. The van der Waals surface area contributed by atoms with E-state index in [0.717, 1.165) is 41.8 Å². The highest BCUT2D eigenvalue weighted by molar-refractivity contribution is 9.10. The molecular weight excluding hydrogens is 336 g/mol. The Labute approximate surface area is 133 Å². The van der Waals surface area contributed by atoms with Gasteiger partial charge in [0.05, 0.1) is 15.9 Å². The number of aryl methyl sites for hydroxylation is 1. The third kappa shape index (κ3) is 3.37. The molecule has 1 aliphatic rings. The first kappa shape index (κ1) is 16.2. The van der Waals surface area contributed by atoms with E-state index in [-0.39, 0.29) is 0 Å². The van der Waals surface area contributed by atoms with Crippen LogP contribution in [0.5, 0.6) is 0 Å². The molecule has 6 heteroatoms. The molecule has 0 unspecified atom stereocenters. The van der Waals surface area contributed by atoms with Crippen LogP contribution in [0.25, 0.3) is 0 Å². The second-order valence-electron chi connectivity index (χ2n) is 6.35. The van der Waals surface area contributed by atoms with Gasteiger partial charge in [0.15, 0.2) is 6.10 Å². The van der Waals surface area contributed by atoms with E-state index in [0.29, 0.717) is 11.0 Å². The van der Waals surface area contributed by atoms with Crippen LogP contribution in [0.1, 0.15) is 44.1 Å². The number of rotatable bonds is 3. The number of pyridine rings is 1. The van der Waals surface area contributed by atoms with Crippen molar-refractivity contribution in [3.05, 3.63) is 21.9 Å². The molecule has 2 heterocycles. The summed E-state index contributed by atoms with van der Waals surface area (Å²) in [7, 11) is 0. The minimum absolute atomic E-state index is 0.302. The number of anilines is 1. The molecule has 0 aromatic carbocycles. The summed E-state index contributed by atoms with van der Waals surface area (Å²) in [5, 5.41) is 19.0. The van der Waals surface area contributed by atoms with Gasteiger partial charge in [0.25, 0.3) is 0 Å². The van der Waals surface area contributed by atoms with Gasteiger partial charge in [-0.3, -0.25) is 4.98 Å². The van der Waals surface area contributed by atoms with Gasteiger partial charge in [-0.1, -0.05) is 13.8 Å². The maximum Gasteiger partial charge on any atom is 0.337 e. The van der Waals surface area contributed by atoms with E-state index in [2.05, 4.69) is 39.7 Å². The van der Waals surface area contributed by atoms with Gasteiger partial charge in [-0.25, -0.2) is 4.79 Å². The Balaban J connectivity index is 2.41. The standard InChI is InChI=1S/C15H21BrN2O3/c1-9-11(16)12(10(8-17-9)13(19)14(20)21)18-6-4-15(2,3)5-7-18/h8,13,19H,4-7H2,1-3H3,(H,20,21)/t13-/m0/s1. The highest BCUT2D eigenvalue weighted by atomic mass is 79.9. The molecular formula is C15H21BrN2O3. The van der Waals surface area contributed by atoms with Crippen LogP contribution in [0.3, 0.4) is 0 Å². The third-order valence-corrected chi connectivity index (χ3v) is 5.11. The fraction of sp³-hybridized carbons (Fsp3) is 0.600. The first-order valence-corrected chi connectivity index (χ1v) is 7.83. The lowest BCUT2D eigenvalue weighted by Gasteiger charge is -2.39. The number of halogens is 1. The monoisotopic (exact) mass is 356 g/mol. The Morgan fingerprint density at radius 2 is 2.00 bits per heavy atom. The molecule has 21 heavy (non-hydrogen) atoms. The van der Waals surface area contributed by atoms with E-state index in [4.69, 9.17) is 5.11 Å². The molecule has 0 amide bonds. The van der Waals surface area contributed by atoms with E-state index >= 15 is 0 Å². The molecule has 1 fully saturated rings. The molecule has 0 bridgehead atoms. The van der Waals surface area contributed by atoms with Gasteiger partial charge < -0.3 is 15.1 Å². The van der Waals surface area contributed by atoms with Crippen molar-refractivity contribution in [2.24, 2.45) is 5.41 Å². The topological polar surface area (TPSA) is 73.7 Å². The molecule has 0 saturated carbocycles. The molecule has 2 N–H and O–H groups in total. The van der Waals surface area contributed by atoms with E-state index in [1.54, 1.807) is 0 Å². The maximum atomic E-state index is 11.1. The Morgan fingerprint density at radius 3 is 2.52 bits per heavy atom. The lowest BCUT2D eigenvalue weighted by molar-refractivity contribution is -0.146. The molecule has 0 radical (unpaired) electrons. The number of aliphatic carboxylic acids is 1. The van der Waals surface area contributed by atoms with Gasteiger partial charge in [-0.2, -0.15) is 0 Å². The van der Waals surface area contributed by atoms with Crippen molar-refractivity contribution in [3.63, 3.8) is 0 Å². The third-order valence-electron chi connectivity index (χ3n) is 4.16. The van der Waals surface area contributed by atoms with Crippen molar-refractivity contribution in [3.8, 4) is 0 Å². The molecule has 1 aromatic heterocycles.